The van der Waals surface area contributed by atoms with Crippen molar-refractivity contribution in [3.05, 3.63) is 106 Å². The molecular weight excluding hydrogens is 280 g/mol. The van der Waals surface area contributed by atoms with Gasteiger partial charge in [-0.1, -0.05) is 89.5 Å². The van der Waals surface area contributed by atoms with Crippen LogP contribution < -0.4 is 0 Å². The molecule has 1 N–H and O–H groups in total. The van der Waals surface area contributed by atoms with Gasteiger partial charge in [0.1, 0.15) is 5.60 Å². The lowest BCUT2D eigenvalue weighted by Crippen LogP contribution is -2.29. The van der Waals surface area contributed by atoms with Gasteiger partial charge >= 0.3 is 0 Å². The highest BCUT2D eigenvalue weighted by atomic mass is 16.3. The number of rotatable bonds is 3. The van der Waals surface area contributed by atoms with E-state index in [1.165, 1.54) is 11.1 Å². The monoisotopic (exact) mass is 302 g/mol. The average molecular weight is 302 g/mol. The molecule has 0 unspecified atom stereocenters. The van der Waals surface area contributed by atoms with E-state index in [1.54, 1.807) is 0 Å². The molecule has 0 aliphatic carbocycles. The maximum absolute atomic E-state index is 11.7. The fraction of sp³-hybridized carbons (Fsp3) is 0.182. The lowest BCUT2D eigenvalue weighted by Gasteiger charge is -2.30. The van der Waals surface area contributed by atoms with Crippen LogP contribution in [0, 0.1) is 20.8 Å². The van der Waals surface area contributed by atoms with Gasteiger partial charge in [0.2, 0.25) is 0 Å². The quantitative estimate of drug-likeness (QED) is 0.683. The van der Waals surface area contributed by atoms with Crippen LogP contribution in [0.2, 0.25) is 0 Å². The van der Waals surface area contributed by atoms with E-state index in [9.17, 15) is 5.11 Å². The zero-order valence-corrected chi connectivity index (χ0v) is 13.9. The molecule has 0 amide bonds. The summed E-state index contributed by atoms with van der Waals surface area (Å²) in [5, 5.41) is 11.7. The molecule has 0 atom stereocenters. The standard InChI is InChI=1S/C22H22O/c1-16-7-11-19(12-8-16)22(23,20-13-9-17(2)10-14-20)21-6-4-5-18(3)15-21/h4-15,23H,1-3H3. The van der Waals surface area contributed by atoms with Crippen molar-refractivity contribution in [1.29, 1.82) is 0 Å². The van der Waals surface area contributed by atoms with Gasteiger partial charge in [0, 0.05) is 0 Å². The molecule has 3 aromatic rings. The first kappa shape index (κ1) is 15.5. The maximum atomic E-state index is 11.7. The first-order valence-electron chi connectivity index (χ1n) is 7.94. The highest BCUT2D eigenvalue weighted by molar-refractivity contribution is 5.48. The van der Waals surface area contributed by atoms with Crippen LogP contribution in [0.5, 0.6) is 0 Å². The van der Waals surface area contributed by atoms with E-state index in [0.717, 1.165) is 22.3 Å². The second-order valence-electron chi connectivity index (χ2n) is 6.31. The van der Waals surface area contributed by atoms with Crippen molar-refractivity contribution in [3.8, 4) is 0 Å². The van der Waals surface area contributed by atoms with Crippen molar-refractivity contribution >= 4 is 0 Å². The number of hydrogen-bond donors (Lipinski definition) is 1. The molecule has 0 fully saturated rings. The molecule has 116 valence electrons. The third-order valence-corrected chi connectivity index (χ3v) is 4.37. The van der Waals surface area contributed by atoms with E-state index in [2.05, 4.69) is 19.9 Å². The first-order valence-corrected chi connectivity index (χ1v) is 7.94. The molecule has 0 aliphatic heterocycles. The summed E-state index contributed by atoms with van der Waals surface area (Å²) >= 11 is 0. The smallest absolute Gasteiger partial charge is 0.140 e. The van der Waals surface area contributed by atoms with Crippen LogP contribution in [-0.4, -0.2) is 5.11 Å². The van der Waals surface area contributed by atoms with Crippen molar-refractivity contribution in [2.24, 2.45) is 0 Å². The van der Waals surface area contributed by atoms with Crippen molar-refractivity contribution < 1.29 is 5.11 Å². The van der Waals surface area contributed by atoms with Crippen molar-refractivity contribution in [2.45, 2.75) is 26.4 Å². The highest BCUT2D eigenvalue weighted by Gasteiger charge is 2.33. The molecule has 23 heavy (non-hydrogen) atoms. The minimum atomic E-state index is -1.15. The average Bonchev–Trinajstić information content (AvgIpc) is 2.55. The highest BCUT2D eigenvalue weighted by Crippen LogP contribution is 2.37. The Kier molecular flexibility index (Phi) is 4.06. The van der Waals surface area contributed by atoms with E-state index in [0.29, 0.717) is 0 Å². The third-order valence-electron chi connectivity index (χ3n) is 4.37. The summed E-state index contributed by atoms with van der Waals surface area (Å²) in [6, 6.07) is 24.3. The predicted octanol–water partition coefficient (Wildman–Crippen LogP) is 4.90. The molecule has 0 radical (unpaired) electrons. The topological polar surface area (TPSA) is 20.2 Å². The lowest BCUT2D eigenvalue weighted by molar-refractivity contribution is 0.125. The zero-order valence-electron chi connectivity index (χ0n) is 13.9. The Bertz CT molecular complexity index is 753. The largest absolute Gasteiger partial charge is 0.376 e. The minimum absolute atomic E-state index is 0.887. The van der Waals surface area contributed by atoms with Crippen molar-refractivity contribution in [1.82, 2.24) is 0 Å². The van der Waals surface area contributed by atoms with Crippen molar-refractivity contribution in [2.75, 3.05) is 0 Å². The van der Waals surface area contributed by atoms with E-state index in [-0.39, 0.29) is 0 Å². The molecule has 0 saturated carbocycles. The van der Waals surface area contributed by atoms with Crippen LogP contribution in [0.1, 0.15) is 33.4 Å². The summed E-state index contributed by atoms with van der Waals surface area (Å²) in [5.41, 5.74) is 5.03. The Balaban J connectivity index is 2.24. The molecule has 1 heteroatoms. The van der Waals surface area contributed by atoms with Crippen molar-refractivity contribution in [3.63, 3.8) is 0 Å². The Hall–Kier alpha value is -2.38. The molecular formula is C22H22O. The van der Waals surface area contributed by atoms with Gasteiger partial charge in [0.15, 0.2) is 0 Å². The normalized spacial score (nSPS) is 11.5. The van der Waals surface area contributed by atoms with Gasteiger partial charge < -0.3 is 5.11 Å². The summed E-state index contributed by atoms with van der Waals surface area (Å²) in [7, 11) is 0. The first-order chi connectivity index (χ1) is 11.0. The minimum Gasteiger partial charge on any atom is -0.376 e. The summed E-state index contributed by atoms with van der Waals surface area (Å²) in [6.45, 7) is 6.16. The lowest BCUT2D eigenvalue weighted by atomic mass is 9.79. The fourth-order valence-corrected chi connectivity index (χ4v) is 2.96. The van der Waals surface area contributed by atoms with Crippen LogP contribution in [0.4, 0.5) is 0 Å². The molecule has 0 saturated heterocycles. The summed E-state index contributed by atoms with van der Waals surface area (Å²) in [5.74, 6) is 0. The Morgan fingerprint density at radius 2 is 1.04 bits per heavy atom. The second-order valence-corrected chi connectivity index (χ2v) is 6.31. The number of hydrogen-bond acceptors (Lipinski definition) is 1. The van der Waals surface area contributed by atoms with Crippen LogP contribution in [-0.2, 0) is 5.60 Å². The van der Waals surface area contributed by atoms with Crippen LogP contribution in [0.3, 0.4) is 0 Å². The molecule has 0 aliphatic rings. The molecule has 0 spiro atoms. The second kappa shape index (κ2) is 6.02. The number of aryl methyl sites for hydroxylation is 3. The third kappa shape index (κ3) is 2.93. The van der Waals surface area contributed by atoms with Gasteiger partial charge in [-0.15, -0.1) is 0 Å². The van der Waals surface area contributed by atoms with E-state index in [4.69, 9.17) is 0 Å². The van der Waals surface area contributed by atoms with Gasteiger partial charge in [0.05, 0.1) is 0 Å². The van der Waals surface area contributed by atoms with Crippen LogP contribution >= 0.6 is 0 Å². The zero-order chi connectivity index (χ0) is 16.4. The molecule has 1 nitrogen and oxygen atoms in total. The fourth-order valence-electron chi connectivity index (χ4n) is 2.96. The molecule has 0 heterocycles. The Labute approximate surface area is 138 Å². The van der Waals surface area contributed by atoms with Gasteiger partial charge in [-0.3, -0.25) is 0 Å². The summed E-state index contributed by atoms with van der Waals surface area (Å²) < 4.78 is 0. The van der Waals surface area contributed by atoms with Crippen LogP contribution in [0.25, 0.3) is 0 Å². The van der Waals surface area contributed by atoms with Gasteiger partial charge in [-0.05, 0) is 37.5 Å². The molecule has 0 aromatic heterocycles. The molecule has 3 rings (SSSR count). The number of benzene rings is 3. The molecule has 0 bridgehead atoms. The maximum Gasteiger partial charge on any atom is 0.140 e. The van der Waals surface area contributed by atoms with Gasteiger partial charge in [-0.25, -0.2) is 0 Å². The van der Waals surface area contributed by atoms with Gasteiger partial charge in [-0.2, -0.15) is 0 Å². The Morgan fingerprint density at radius 1 is 0.565 bits per heavy atom. The summed E-state index contributed by atoms with van der Waals surface area (Å²) in [6.07, 6.45) is 0. The van der Waals surface area contributed by atoms with E-state index in [1.807, 2.05) is 73.7 Å². The van der Waals surface area contributed by atoms with E-state index >= 15 is 0 Å². The Morgan fingerprint density at radius 3 is 1.48 bits per heavy atom. The van der Waals surface area contributed by atoms with Crippen LogP contribution in [0.15, 0.2) is 72.8 Å². The molecule has 3 aromatic carbocycles. The SMILES string of the molecule is Cc1ccc(C(O)(c2ccc(C)cc2)c2cccc(C)c2)cc1. The predicted molar refractivity (Wildman–Crippen MR) is 95.6 cm³/mol. The van der Waals surface area contributed by atoms with E-state index < -0.39 is 5.60 Å². The number of aliphatic hydroxyl groups is 1. The van der Waals surface area contributed by atoms with Gasteiger partial charge in [0.25, 0.3) is 0 Å². The summed E-state index contributed by atoms with van der Waals surface area (Å²) in [4.78, 5) is 0.